The van der Waals surface area contributed by atoms with Crippen molar-refractivity contribution in [3.8, 4) is 0 Å². The SMILES string of the molecule is Cc1nc(Cc2ccccc2)oc1CC(=O)O. The van der Waals surface area contributed by atoms with Gasteiger partial charge in [0.1, 0.15) is 12.2 Å². The van der Waals surface area contributed by atoms with Gasteiger partial charge in [-0.3, -0.25) is 4.79 Å². The summed E-state index contributed by atoms with van der Waals surface area (Å²) in [6.07, 6.45) is 0.467. The Morgan fingerprint density at radius 2 is 2.06 bits per heavy atom. The van der Waals surface area contributed by atoms with Crippen LogP contribution >= 0.6 is 0 Å². The molecule has 0 saturated heterocycles. The van der Waals surface area contributed by atoms with Crippen molar-refractivity contribution in [2.75, 3.05) is 0 Å². The van der Waals surface area contributed by atoms with Crippen LogP contribution in [0.15, 0.2) is 34.7 Å². The summed E-state index contributed by atoms with van der Waals surface area (Å²) >= 11 is 0. The molecule has 88 valence electrons. The van der Waals surface area contributed by atoms with E-state index in [4.69, 9.17) is 9.52 Å². The van der Waals surface area contributed by atoms with Crippen molar-refractivity contribution in [3.63, 3.8) is 0 Å². The summed E-state index contributed by atoms with van der Waals surface area (Å²) in [5.74, 6) is 0.0869. The normalized spacial score (nSPS) is 10.4. The summed E-state index contributed by atoms with van der Waals surface area (Å²) in [7, 11) is 0. The fourth-order valence-corrected chi connectivity index (χ4v) is 1.64. The smallest absolute Gasteiger partial charge is 0.311 e. The lowest BCUT2D eigenvalue weighted by molar-refractivity contribution is -0.136. The standard InChI is InChI=1S/C13H13NO3/c1-9-11(8-13(15)16)17-12(14-9)7-10-5-3-2-4-6-10/h2-6H,7-8H2,1H3,(H,15,16). The van der Waals surface area contributed by atoms with Gasteiger partial charge in [-0.2, -0.15) is 0 Å². The van der Waals surface area contributed by atoms with Crippen LogP contribution in [0.3, 0.4) is 0 Å². The molecule has 4 nitrogen and oxygen atoms in total. The van der Waals surface area contributed by atoms with Crippen LogP contribution < -0.4 is 0 Å². The maximum absolute atomic E-state index is 10.6. The van der Waals surface area contributed by atoms with Crippen molar-refractivity contribution < 1.29 is 14.3 Å². The molecule has 2 rings (SSSR count). The molecule has 4 heteroatoms. The second-order valence-corrected chi connectivity index (χ2v) is 3.85. The Bertz CT molecular complexity index is 517. The Morgan fingerprint density at radius 3 is 2.71 bits per heavy atom. The van der Waals surface area contributed by atoms with Gasteiger partial charge in [0.15, 0.2) is 5.89 Å². The largest absolute Gasteiger partial charge is 0.481 e. The van der Waals surface area contributed by atoms with Gasteiger partial charge in [-0.25, -0.2) is 4.98 Å². The average Bonchev–Trinajstić information content (AvgIpc) is 2.59. The number of benzene rings is 1. The van der Waals surface area contributed by atoms with Crippen LogP contribution in [0.25, 0.3) is 0 Å². The van der Waals surface area contributed by atoms with E-state index in [-0.39, 0.29) is 6.42 Å². The van der Waals surface area contributed by atoms with E-state index < -0.39 is 5.97 Å². The number of carbonyl (C=O) groups is 1. The molecule has 0 bridgehead atoms. The minimum atomic E-state index is -0.907. The third-order valence-electron chi connectivity index (χ3n) is 2.45. The first-order valence-electron chi connectivity index (χ1n) is 5.36. The van der Waals surface area contributed by atoms with Crippen LogP contribution in [0.5, 0.6) is 0 Å². The van der Waals surface area contributed by atoms with Crippen LogP contribution in [0.4, 0.5) is 0 Å². The maximum Gasteiger partial charge on any atom is 0.311 e. The van der Waals surface area contributed by atoms with E-state index >= 15 is 0 Å². The van der Waals surface area contributed by atoms with Crippen LogP contribution in [0.1, 0.15) is 22.9 Å². The Hall–Kier alpha value is -2.10. The van der Waals surface area contributed by atoms with Crippen molar-refractivity contribution in [1.29, 1.82) is 0 Å². The number of hydrogen-bond donors (Lipinski definition) is 1. The van der Waals surface area contributed by atoms with Gasteiger partial charge in [-0.15, -0.1) is 0 Å². The minimum absolute atomic E-state index is 0.117. The van der Waals surface area contributed by atoms with Crippen LogP contribution in [-0.2, 0) is 17.6 Å². The summed E-state index contributed by atoms with van der Waals surface area (Å²) < 4.78 is 5.44. The van der Waals surface area contributed by atoms with Crippen molar-refractivity contribution in [1.82, 2.24) is 4.98 Å². The van der Waals surface area contributed by atoms with Crippen molar-refractivity contribution in [2.45, 2.75) is 19.8 Å². The molecule has 0 spiro atoms. The Kier molecular flexibility index (Phi) is 3.23. The van der Waals surface area contributed by atoms with E-state index in [1.54, 1.807) is 6.92 Å². The maximum atomic E-state index is 10.6. The predicted octanol–water partition coefficient (Wildman–Crippen LogP) is 2.20. The van der Waals surface area contributed by atoms with E-state index in [0.717, 1.165) is 5.56 Å². The molecule has 0 aliphatic rings. The van der Waals surface area contributed by atoms with Crippen molar-refractivity contribution >= 4 is 5.97 Å². The summed E-state index contributed by atoms with van der Waals surface area (Å²) in [5.41, 5.74) is 1.74. The highest BCUT2D eigenvalue weighted by atomic mass is 16.4. The molecule has 0 fully saturated rings. The minimum Gasteiger partial charge on any atom is -0.481 e. The monoisotopic (exact) mass is 231 g/mol. The van der Waals surface area contributed by atoms with E-state index in [2.05, 4.69) is 4.98 Å². The second-order valence-electron chi connectivity index (χ2n) is 3.85. The van der Waals surface area contributed by atoms with Crippen LogP contribution in [0, 0.1) is 6.92 Å². The third-order valence-corrected chi connectivity index (χ3v) is 2.45. The molecule has 1 aromatic carbocycles. The number of oxazole rings is 1. The number of aromatic nitrogens is 1. The zero-order valence-electron chi connectivity index (χ0n) is 9.51. The molecule has 1 heterocycles. The highest BCUT2D eigenvalue weighted by Gasteiger charge is 2.12. The fourth-order valence-electron chi connectivity index (χ4n) is 1.64. The van der Waals surface area contributed by atoms with E-state index in [1.807, 2.05) is 30.3 Å². The molecule has 1 aromatic heterocycles. The molecule has 0 aliphatic heterocycles. The van der Waals surface area contributed by atoms with Crippen molar-refractivity contribution in [2.24, 2.45) is 0 Å². The number of carboxylic acids is 1. The first kappa shape index (κ1) is 11.4. The summed E-state index contributed by atoms with van der Waals surface area (Å²) in [6.45, 7) is 1.76. The zero-order chi connectivity index (χ0) is 12.3. The lowest BCUT2D eigenvalue weighted by Gasteiger charge is -1.95. The molecular formula is C13H13NO3. The Morgan fingerprint density at radius 1 is 1.35 bits per heavy atom. The average molecular weight is 231 g/mol. The third kappa shape index (κ3) is 2.93. The highest BCUT2D eigenvalue weighted by molar-refractivity contribution is 5.69. The summed E-state index contributed by atoms with van der Waals surface area (Å²) in [5, 5.41) is 8.70. The highest BCUT2D eigenvalue weighted by Crippen LogP contribution is 2.14. The number of rotatable bonds is 4. The Balaban J connectivity index is 2.15. The number of carboxylic acid groups (broad SMARTS) is 1. The van der Waals surface area contributed by atoms with Gasteiger partial charge in [-0.1, -0.05) is 30.3 Å². The zero-order valence-corrected chi connectivity index (χ0v) is 9.51. The molecule has 17 heavy (non-hydrogen) atoms. The lowest BCUT2D eigenvalue weighted by Crippen LogP contribution is -1.99. The molecule has 1 N–H and O–H groups in total. The topological polar surface area (TPSA) is 63.3 Å². The molecule has 2 aromatic rings. The number of nitrogens with zero attached hydrogens (tertiary/aromatic N) is 1. The van der Waals surface area contributed by atoms with Gasteiger partial charge in [0.05, 0.1) is 5.69 Å². The van der Waals surface area contributed by atoms with Gasteiger partial charge < -0.3 is 9.52 Å². The molecule has 0 saturated carbocycles. The molecule has 0 aliphatic carbocycles. The number of aryl methyl sites for hydroxylation is 1. The summed E-state index contributed by atoms with van der Waals surface area (Å²) in [6, 6.07) is 9.81. The quantitative estimate of drug-likeness (QED) is 0.876. The Labute approximate surface area is 98.9 Å². The lowest BCUT2D eigenvalue weighted by atomic mass is 10.1. The van der Waals surface area contributed by atoms with E-state index in [9.17, 15) is 4.79 Å². The van der Waals surface area contributed by atoms with Gasteiger partial charge in [0.25, 0.3) is 0 Å². The van der Waals surface area contributed by atoms with Crippen molar-refractivity contribution in [3.05, 3.63) is 53.2 Å². The number of aliphatic carboxylic acids is 1. The van der Waals surface area contributed by atoms with Crippen LogP contribution in [-0.4, -0.2) is 16.1 Å². The van der Waals surface area contributed by atoms with Gasteiger partial charge in [0.2, 0.25) is 0 Å². The number of hydrogen-bond acceptors (Lipinski definition) is 3. The van der Waals surface area contributed by atoms with Gasteiger partial charge >= 0.3 is 5.97 Å². The molecule has 0 radical (unpaired) electrons. The van der Waals surface area contributed by atoms with Gasteiger partial charge in [0, 0.05) is 6.42 Å². The van der Waals surface area contributed by atoms with Gasteiger partial charge in [-0.05, 0) is 12.5 Å². The molecular weight excluding hydrogens is 218 g/mol. The first-order valence-corrected chi connectivity index (χ1v) is 5.36. The summed E-state index contributed by atoms with van der Waals surface area (Å²) in [4.78, 5) is 14.8. The molecule has 0 amide bonds. The van der Waals surface area contributed by atoms with Crippen LogP contribution in [0.2, 0.25) is 0 Å². The van der Waals surface area contributed by atoms with E-state index in [0.29, 0.717) is 23.8 Å². The molecule has 0 atom stereocenters. The predicted molar refractivity (Wildman–Crippen MR) is 61.8 cm³/mol. The molecule has 0 unspecified atom stereocenters. The fraction of sp³-hybridized carbons (Fsp3) is 0.231. The van der Waals surface area contributed by atoms with E-state index in [1.165, 1.54) is 0 Å². The first-order chi connectivity index (χ1) is 8.15. The second kappa shape index (κ2) is 4.82.